The molecule has 19 heavy (non-hydrogen) atoms. The Morgan fingerprint density at radius 1 is 1.26 bits per heavy atom. The van der Waals surface area contributed by atoms with Crippen LogP contribution in [0.4, 0.5) is 11.5 Å². The summed E-state index contributed by atoms with van der Waals surface area (Å²) in [6, 6.07) is 5.82. The molecular formula is C13H17N5O. The molecule has 0 aliphatic carbocycles. The van der Waals surface area contributed by atoms with Crippen LogP contribution in [0, 0.1) is 0 Å². The predicted molar refractivity (Wildman–Crippen MR) is 74.0 cm³/mol. The molecule has 0 fully saturated rings. The van der Waals surface area contributed by atoms with Gasteiger partial charge in [0.1, 0.15) is 12.0 Å². The number of anilines is 2. The van der Waals surface area contributed by atoms with Crippen LogP contribution in [0.1, 0.15) is 12.6 Å². The van der Waals surface area contributed by atoms with Crippen molar-refractivity contribution in [2.75, 3.05) is 24.3 Å². The van der Waals surface area contributed by atoms with Crippen LogP contribution >= 0.6 is 0 Å². The topological polar surface area (TPSA) is 77.2 Å². The van der Waals surface area contributed by atoms with E-state index in [1.807, 2.05) is 30.0 Å². The van der Waals surface area contributed by atoms with Crippen molar-refractivity contribution < 1.29 is 4.74 Å². The first kappa shape index (κ1) is 13.1. The quantitative estimate of drug-likeness (QED) is 0.876. The number of aromatic nitrogens is 3. The molecule has 0 aromatic carbocycles. The van der Waals surface area contributed by atoms with E-state index in [2.05, 4.69) is 15.0 Å². The molecule has 0 aliphatic rings. The maximum Gasteiger partial charge on any atom is 0.242 e. The van der Waals surface area contributed by atoms with Crippen molar-refractivity contribution in [3.63, 3.8) is 0 Å². The summed E-state index contributed by atoms with van der Waals surface area (Å²) >= 11 is 0. The fraction of sp³-hybridized carbons (Fsp3) is 0.308. The highest BCUT2D eigenvalue weighted by molar-refractivity contribution is 5.67. The van der Waals surface area contributed by atoms with Gasteiger partial charge in [-0.05, 0) is 19.1 Å². The van der Waals surface area contributed by atoms with Gasteiger partial charge in [-0.2, -0.15) is 4.98 Å². The van der Waals surface area contributed by atoms with E-state index >= 15 is 0 Å². The number of ether oxygens (including phenoxy) is 1. The summed E-state index contributed by atoms with van der Waals surface area (Å²) in [5.74, 6) is 1.06. The summed E-state index contributed by atoms with van der Waals surface area (Å²) in [6.45, 7) is 3.44. The Bertz CT molecular complexity index is 532. The molecule has 2 heterocycles. The first-order chi connectivity index (χ1) is 9.26. The van der Waals surface area contributed by atoms with Crippen molar-refractivity contribution in [1.82, 2.24) is 15.0 Å². The summed E-state index contributed by atoms with van der Waals surface area (Å²) < 4.78 is 5.11. The molecule has 2 aromatic heterocycles. The summed E-state index contributed by atoms with van der Waals surface area (Å²) in [6.07, 6.45) is 3.22. The lowest BCUT2D eigenvalue weighted by Crippen LogP contribution is -2.25. The molecule has 2 aromatic rings. The number of nitrogen functional groups attached to an aromatic ring is 1. The van der Waals surface area contributed by atoms with Crippen LogP contribution in [0.2, 0.25) is 0 Å². The monoisotopic (exact) mass is 259 g/mol. The van der Waals surface area contributed by atoms with E-state index in [-0.39, 0.29) is 0 Å². The largest absolute Gasteiger partial charge is 0.479 e. The van der Waals surface area contributed by atoms with Crippen molar-refractivity contribution in [1.29, 1.82) is 0 Å². The van der Waals surface area contributed by atoms with Gasteiger partial charge in [0.05, 0.1) is 19.3 Å². The maximum atomic E-state index is 6.01. The van der Waals surface area contributed by atoms with Crippen LogP contribution in [0.5, 0.6) is 5.88 Å². The molecule has 0 saturated carbocycles. The highest BCUT2D eigenvalue weighted by Crippen LogP contribution is 2.28. The van der Waals surface area contributed by atoms with Crippen LogP contribution < -0.4 is 15.4 Å². The Kier molecular flexibility index (Phi) is 4.12. The van der Waals surface area contributed by atoms with Gasteiger partial charge in [0.25, 0.3) is 0 Å². The molecule has 0 saturated heterocycles. The number of hydrogen-bond acceptors (Lipinski definition) is 6. The number of nitrogens with two attached hydrogens (primary N) is 1. The Hall–Kier alpha value is -2.37. The van der Waals surface area contributed by atoms with E-state index in [0.717, 1.165) is 12.2 Å². The van der Waals surface area contributed by atoms with Crippen LogP contribution in [0.25, 0.3) is 0 Å². The second-order valence-corrected chi connectivity index (χ2v) is 3.96. The van der Waals surface area contributed by atoms with E-state index in [4.69, 9.17) is 10.5 Å². The van der Waals surface area contributed by atoms with Gasteiger partial charge in [0.2, 0.25) is 5.88 Å². The zero-order valence-electron chi connectivity index (χ0n) is 11.1. The molecule has 0 bridgehead atoms. The van der Waals surface area contributed by atoms with E-state index < -0.39 is 0 Å². The molecule has 0 radical (unpaired) electrons. The number of pyridine rings is 1. The fourth-order valence-corrected chi connectivity index (χ4v) is 1.81. The van der Waals surface area contributed by atoms with Crippen molar-refractivity contribution in [2.24, 2.45) is 0 Å². The predicted octanol–water partition coefficient (Wildman–Crippen LogP) is 1.49. The van der Waals surface area contributed by atoms with Gasteiger partial charge in [0.15, 0.2) is 5.82 Å². The van der Waals surface area contributed by atoms with Gasteiger partial charge in [-0.25, -0.2) is 4.98 Å². The molecule has 6 nitrogen and oxygen atoms in total. The summed E-state index contributed by atoms with van der Waals surface area (Å²) in [4.78, 5) is 14.6. The Morgan fingerprint density at radius 3 is 2.74 bits per heavy atom. The van der Waals surface area contributed by atoms with Crippen molar-refractivity contribution in [3.05, 3.63) is 36.4 Å². The molecule has 0 spiro atoms. The maximum absolute atomic E-state index is 6.01. The third-order valence-electron chi connectivity index (χ3n) is 2.78. The van der Waals surface area contributed by atoms with Crippen LogP contribution in [-0.4, -0.2) is 28.6 Å². The lowest BCUT2D eigenvalue weighted by atomic mass is 10.3. The van der Waals surface area contributed by atoms with Crippen LogP contribution in [-0.2, 0) is 6.54 Å². The highest BCUT2D eigenvalue weighted by atomic mass is 16.5. The first-order valence-corrected chi connectivity index (χ1v) is 6.05. The summed E-state index contributed by atoms with van der Waals surface area (Å²) in [7, 11) is 1.54. The highest BCUT2D eigenvalue weighted by Gasteiger charge is 2.14. The minimum Gasteiger partial charge on any atom is -0.479 e. The molecule has 0 aliphatic heterocycles. The first-order valence-electron chi connectivity index (χ1n) is 6.05. The number of rotatable bonds is 5. The molecule has 2 N–H and O–H groups in total. The van der Waals surface area contributed by atoms with Crippen molar-refractivity contribution in [3.8, 4) is 5.88 Å². The second-order valence-electron chi connectivity index (χ2n) is 3.96. The Morgan fingerprint density at radius 2 is 2.11 bits per heavy atom. The third-order valence-corrected chi connectivity index (χ3v) is 2.78. The van der Waals surface area contributed by atoms with Crippen molar-refractivity contribution in [2.45, 2.75) is 13.5 Å². The molecule has 100 valence electrons. The fourth-order valence-electron chi connectivity index (χ4n) is 1.81. The Labute approximate surface area is 112 Å². The zero-order chi connectivity index (χ0) is 13.7. The van der Waals surface area contributed by atoms with Gasteiger partial charge in [-0.1, -0.05) is 6.07 Å². The minimum atomic E-state index is 0.393. The Balaban J connectivity index is 2.27. The lowest BCUT2D eigenvalue weighted by Gasteiger charge is -2.23. The third kappa shape index (κ3) is 2.90. The standard InChI is InChI=1S/C13H17N5O/c1-3-18(8-10-6-4-5-7-15-10)12-11(14)13(19-2)17-9-16-12/h4-7,9H,3,8,14H2,1-2H3. The van der Waals surface area contributed by atoms with E-state index in [1.165, 1.54) is 13.4 Å². The lowest BCUT2D eigenvalue weighted by molar-refractivity contribution is 0.399. The van der Waals surface area contributed by atoms with Gasteiger partial charge in [0, 0.05) is 12.7 Å². The van der Waals surface area contributed by atoms with Crippen LogP contribution in [0.15, 0.2) is 30.7 Å². The smallest absolute Gasteiger partial charge is 0.242 e. The van der Waals surface area contributed by atoms with E-state index in [9.17, 15) is 0 Å². The molecule has 0 amide bonds. The SMILES string of the molecule is CCN(Cc1ccccn1)c1ncnc(OC)c1N. The van der Waals surface area contributed by atoms with Crippen LogP contribution in [0.3, 0.4) is 0 Å². The molecule has 6 heteroatoms. The normalized spacial score (nSPS) is 10.2. The summed E-state index contributed by atoms with van der Waals surface area (Å²) in [5.41, 5.74) is 7.42. The number of nitrogens with zero attached hydrogens (tertiary/aromatic N) is 4. The minimum absolute atomic E-state index is 0.393. The summed E-state index contributed by atoms with van der Waals surface area (Å²) in [5, 5.41) is 0. The van der Waals surface area contributed by atoms with Gasteiger partial charge >= 0.3 is 0 Å². The molecule has 0 atom stereocenters. The van der Waals surface area contributed by atoms with Crippen molar-refractivity contribution >= 4 is 11.5 Å². The molecule has 0 unspecified atom stereocenters. The van der Waals surface area contributed by atoms with E-state index in [1.54, 1.807) is 6.20 Å². The van der Waals surface area contributed by atoms with Gasteiger partial charge < -0.3 is 15.4 Å². The van der Waals surface area contributed by atoms with E-state index in [0.29, 0.717) is 23.9 Å². The number of methoxy groups -OCH3 is 1. The molecule has 2 rings (SSSR count). The number of hydrogen-bond donors (Lipinski definition) is 1. The second kappa shape index (κ2) is 5.99. The van der Waals surface area contributed by atoms with Gasteiger partial charge in [-0.15, -0.1) is 0 Å². The zero-order valence-corrected chi connectivity index (χ0v) is 11.1. The molecular weight excluding hydrogens is 242 g/mol. The average Bonchev–Trinajstić information content (AvgIpc) is 2.46. The van der Waals surface area contributed by atoms with Gasteiger partial charge in [-0.3, -0.25) is 4.98 Å². The average molecular weight is 259 g/mol.